The molecule has 1 aliphatic carbocycles. The number of hydrogen-bond acceptors (Lipinski definition) is 7. The fourth-order valence-electron chi connectivity index (χ4n) is 4.35. The summed E-state index contributed by atoms with van der Waals surface area (Å²) in [5.41, 5.74) is 4.76. The van der Waals surface area contributed by atoms with E-state index in [4.69, 9.17) is 10.5 Å². The zero-order valence-corrected chi connectivity index (χ0v) is 18.9. The highest BCUT2D eigenvalue weighted by Gasteiger charge is 2.37. The van der Waals surface area contributed by atoms with E-state index in [0.29, 0.717) is 19.3 Å². The number of rotatable bonds is 9. The number of nitrogens with two attached hydrogens (primary N) is 1. The molecular formula is C21H42N2O7. The number of ether oxygens (including phenoxy) is 1. The minimum absolute atomic E-state index is 0.00590. The molecule has 7 atom stereocenters. The van der Waals surface area contributed by atoms with Gasteiger partial charge in [-0.1, -0.05) is 34.6 Å². The lowest BCUT2D eigenvalue weighted by molar-refractivity contribution is -0.121. The molecule has 1 aliphatic rings. The molecule has 9 nitrogen and oxygen atoms in total. The number of nitrogens with one attached hydrogen (secondary N) is 1. The Bertz CT molecular complexity index is 538. The van der Waals surface area contributed by atoms with Gasteiger partial charge in [0.25, 0.3) is 0 Å². The third-order valence-electron chi connectivity index (χ3n) is 5.75. The number of carbonyl (C=O) groups is 1. The molecule has 0 saturated heterocycles. The number of hydrogen-bond donors (Lipinski definition) is 7. The minimum atomic E-state index is -1.33. The smallest absolute Gasteiger partial charge is 0.312 e. The van der Waals surface area contributed by atoms with Crippen LogP contribution in [0.25, 0.3) is 0 Å². The van der Waals surface area contributed by atoms with Crippen molar-refractivity contribution >= 4 is 6.03 Å². The zero-order valence-electron chi connectivity index (χ0n) is 18.9. The lowest BCUT2D eigenvalue weighted by Crippen LogP contribution is -2.52. The number of carbonyl (C=O) groups excluding carboxylic acids is 1. The molecule has 0 aromatic carbocycles. The normalized spacial score (nSPS) is 29.0. The molecule has 30 heavy (non-hydrogen) atoms. The van der Waals surface area contributed by atoms with Crippen LogP contribution in [0.4, 0.5) is 4.79 Å². The summed E-state index contributed by atoms with van der Waals surface area (Å²) in [6, 6.07) is -1.75. The van der Waals surface area contributed by atoms with Gasteiger partial charge in [-0.15, -0.1) is 0 Å². The van der Waals surface area contributed by atoms with E-state index in [2.05, 4.69) is 26.1 Å². The van der Waals surface area contributed by atoms with Crippen molar-refractivity contribution in [2.24, 2.45) is 16.6 Å². The molecule has 0 aromatic heterocycles. The van der Waals surface area contributed by atoms with Crippen molar-refractivity contribution in [2.45, 2.75) is 109 Å². The first kappa shape index (κ1) is 27.1. The molecule has 2 amide bonds. The van der Waals surface area contributed by atoms with Gasteiger partial charge in [-0.25, -0.2) is 4.79 Å². The Morgan fingerprint density at radius 1 is 1.10 bits per heavy atom. The maximum Gasteiger partial charge on any atom is 0.312 e. The van der Waals surface area contributed by atoms with Crippen LogP contribution in [0.15, 0.2) is 0 Å². The Morgan fingerprint density at radius 3 is 2.23 bits per heavy atom. The van der Waals surface area contributed by atoms with Crippen molar-refractivity contribution in [3.05, 3.63) is 0 Å². The van der Waals surface area contributed by atoms with E-state index in [1.54, 1.807) is 0 Å². The maximum absolute atomic E-state index is 11.4. The summed E-state index contributed by atoms with van der Waals surface area (Å²) in [4.78, 5) is 11.4. The molecule has 8 N–H and O–H groups in total. The van der Waals surface area contributed by atoms with Crippen molar-refractivity contribution in [3.8, 4) is 0 Å². The number of primary amides is 1. The van der Waals surface area contributed by atoms with Gasteiger partial charge in [-0.3, -0.25) is 0 Å². The van der Waals surface area contributed by atoms with Gasteiger partial charge in [0.2, 0.25) is 0 Å². The maximum atomic E-state index is 11.4. The molecule has 0 heterocycles. The van der Waals surface area contributed by atoms with E-state index in [1.807, 2.05) is 13.8 Å². The largest absolute Gasteiger partial charge is 0.392 e. The van der Waals surface area contributed by atoms with Gasteiger partial charge in [-0.05, 0) is 36.5 Å². The van der Waals surface area contributed by atoms with E-state index in [1.165, 1.54) is 0 Å². The van der Waals surface area contributed by atoms with E-state index in [-0.39, 0.29) is 18.4 Å². The number of urea groups is 1. The average Bonchev–Trinajstić information content (AvgIpc) is 2.69. The lowest BCUT2D eigenvalue weighted by atomic mass is 9.71. The molecule has 1 rings (SSSR count). The summed E-state index contributed by atoms with van der Waals surface area (Å²) in [6.45, 7) is 9.92. The molecule has 7 unspecified atom stereocenters. The van der Waals surface area contributed by atoms with Crippen molar-refractivity contribution in [3.63, 3.8) is 0 Å². The van der Waals surface area contributed by atoms with Crippen LogP contribution >= 0.6 is 0 Å². The SMILES string of the molecule is CC(C)(C)CC(C)(C)C(O)CC(O)C(COC1CCCC(O)C(O)C1O)NC(N)=O. The molecule has 0 aromatic rings. The van der Waals surface area contributed by atoms with E-state index >= 15 is 0 Å². The first-order valence-corrected chi connectivity index (χ1v) is 10.7. The molecule has 1 saturated carbocycles. The van der Waals surface area contributed by atoms with Crippen LogP contribution in [-0.2, 0) is 4.74 Å². The second kappa shape index (κ2) is 11.1. The second-order valence-electron chi connectivity index (χ2n) is 10.5. The van der Waals surface area contributed by atoms with E-state index in [0.717, 1.165) is 6.42 Å². The third kappa shape index (κ3) is 8.64. The average molecular weight is 435 g/mol. The van der Waals surface area contributed by atoms with Gasteiger partial charge in [0.15, 0.2) is 0 Å². The predicted octanol–water partition coefficient (Wildman–Crippen LogP) is 0.249. The van der Waals surface area contributed by atoms with Gasteiger partial charge in [-0.2, -0.15) is 0 Å². The van der Waals surface area contributed by atoms with Crippen LogP contribution in [-0.4, -0.2) is 80.8 Å². The Balaban J connectivity index is 2.77. The van der Waals surface area contributed by atoms with Crippen LogP contribution in [0.2, 0.25) is 0 Å². The highest BCUT2D eigenvalue weighted by Crippen LogP contribution is 2.37. The number of amides is 2. The highest BCUT2D eigenvalue weighted by atomic mass is 16.5. The molecular weight excluding hydrogens is 392 g/mol. The molecule has 0 spiro atoms. The van der Waals surface area contributed by atoms with Crippen molar-refractivity contribution in [2.75, 3.05) is 6.61 Å². The summed E-state index contributed by atoms with van der Waals surface area (Å²) >= 11 is 0. The standard InChI is InChI=1S/C21H42N2O7/c1-20(2,3)11-21(4,5)16(26)9-14(25)12(23-19(22)29)10-30-15-8-6-7-13(24)17(27)18(15)28/h12-18,24-28H,6-11H2,1-5H3,(H3,22,23,29). The van der Waals surface area contributed by atoms with E-state index < -0.39 is 54.1 Å². The van der Waals surface area contributed by atoms with Crippen LogP contribution in [0.5, 0.6) is 0 Å². The Kier molecular flexibility index (Phi) is 9.98. The second-order valence-corrected chi connectivity index (χ2v) is 10.5. The topological polar surface area (TPSA) is 166 Å². The summed E-state index contributed by atoms with van der Waals surface area (Å²) in [5, 5.41) is 53.8. The summed E-state index contributed by atoms with van der Waals surface area (Å²) in [7, 11) is 0. The molecule has 0 radical (unpaired) electrons. The van der Waals surface area contributed by atoms with Crippen molar-refractivity contribution in [1.29, 1.82) is 0 Å². The molecule has 9 heteroatoms. The fourth-order valence-corrected chi connectivity index (χ4v) is 4.35. The van der Waals surface area contributed by atoms with Crippen molar-refractivity contribution < 1.29 is 35.1 Å². The van der Waals surface area contributed by atoms with Crippen LogP contribution < -0.4 is 11.1 Å². The van der Waals surface area contributed by atoms with Gasteiger partial charge in [0.1, 0.15) is 12.2 Å². The van der Waals surface area contributed by atoms with Gasteiger partial charge in [0.05, 0.1) is 37.1 Å². The van der Waals surface area contributed by atoms with Crippen molar-refractivity contribution in [1.82, 2.24) is 5.32 Å². The first-order valence-electron chi connectivity index (χ1n) is 10.7. The summed E-state index contributed by atoms with van der Waals surface area (Å²) < 4.78 is 5.69. The Hall–Kier alpha value is -0.970. The quantitative estimate of drug-likeness (QED) is 0.255. The first-order chi connectivity index (χ1) is 13.6. The van der Waals surface area contributed by atoms with E-state index in [9.17, 15) is 30.3 Å². The fraction of sp³-hybridized carbons (Fsp3) is 0.952. The van der Waals surface area contributed by atoms with Gasteiger partial charge < -0.3 is 41.3 Å². The third-order valence-corrected chi connectivity index (χ3v) is 5.75. The molecule has 178 valence electrons. The van der Waals surface area contributed by atoms with Crippen LogP contribution in [0, 0.1) is 10.8 Å². The number of aliphatic hydroxyl groups is 5. The van der Waals surface area contributed by atoms with Crippen LogP contribution in [0.1, 0.15) is 66.7 Å². The molecule has 0 bridgehead atoms. The Labute approximate surface area is 179 Å². The highest BCUT2D eigenvalue weighted by molar-refractivity contribution is 5.72. The number of aliphatic hydroxyl groups excluding tert-OH is 5. The summed E-state index contributed by atoms with van der Waals surface area (Å²) in [5.74, 6) is 0. The minimum Gasteiger partial charge on any atom is -0.392 e. The molecule has 1 fully saturated rings. The van der Waals surface area contributed by atoms with Gasteiger partial charge in [0, 0.05) is 6.42 Å². The van der Waals surface area contributed by atoms with Crippen LogP contribution in [0.3, 0.4) is 0 Å². The monoisotopic (exact) mass is 434 g/mol. The lowest BCUT2D eigenvalue weighted by Gasteiger charge is -2.38. The molecule has 0 aliphatic heterocycles. The zero-order chi connectivity index (χ0) is 23.3. The van der Waals surface area contributed by atoms with Gasteiger partial charge >= 0.3 is 6.03 Å². The Morgan fingerprint density at radius 2 is 1.70 bits per heavy atom. The summed E-state index contributed by atoms with van der Waals surface area (Å²) in [6.07, 6.45) is -4.32. The predicted molar refractivity (Wildman–Crippen MR) is 113 cm³/mol.